The van der Waals surface area contributed by atoms with Crippen molar-refractivity contribution in [2.45, 2.75) is 43.9 Å². The topological polar surface area (TPSA) is 72.2 Å². The Morgan fingerprint density at radius 2 is 2.19 bits per heavy atom. The Bertz CT molecular complexity index is 591. The highest BCUT2D eigenvalue weighted by Crippen LogP contribution is 2.33. The van der Waals surface area contributed by atoms with E-state index in [4.69, 9.17) is 5.73 Å². The minimum Gasteiger partial charge on any atom is -0.329 e. The van der Waals surface area contributed by atoms with Gasteiger partial charge < -0.3 is 5.73 Å². The number of benzene rings is 1. The molecule has 4 nitrogen and oxygen atoms in total. The molecule has 1 fully saturated rings. The molecule has 2 unspecified atom stereocenters. The van der Waals surface area contributed by atoms with Crippen molar-refractivity contribution in [3.63, 3.8) is 0 Å². The lowest BCUT2D eigenvalue weighted by molar-refractivity contribution is 0.191. The first kappa shape index (κ1) is 16.4. The van der Waals surface area contributed by atoms with Crippen molar-refractivity contribution in [3.05, 3.63) is 35.6 Å². The summed E-state index contributed by atoms with van der Waals surface area (Å²) in [6.07, 6.45) is 3.81. The van der Waals surface area contributed by atoms with Crippen LogP contribution < -0.4 is 10.5 Å². The van der Waals surface area contributed by atoms with E-state index >= 15 is 0 Å². The van der Waals surface area contributed by atoms with Gasteiger partial charge in [-0.15, -0.1) is 0 Å². The van der Waals surface area contributed by atoms with Gasteiger partial charge in [-0.05, 0) is 36.5 Å². The fourth-order valence-electron chi connectivity index (χ4n) is 3.10. The van der Waals surface area contributed by atoms with Crippen molar-refractivity contribution in [1.82, 2.24) is 4.72 Å². The van der Waals surface area contributed by atoms with Crippen LogP contribution in [0.4, 0.5) is 4.39 Å². The maximum atomic E-state index is 13.2. The third-order valence-electron chi connectivity index (χ3n) is 4.42. The molecule has 0 aromatic heterocycles. The molecule has 1 saturated carbocycles. The molecule has 2 atom stereocenters. The summed E-state index contributed by atoms with van der Waals surface area (Å²) in [4.78, 5) is 0. The maximum absolute atomic E-state index is 13.2. The Morgan fingerprint density at radius 1 is 1.43 bits per heavy atom. The minimum atomic E-state index is -3.55. The Kier molecular flexibility index (Phi) is 5.01. The van der Waals surface area contributed by atoms with Crippen LogP contribution in [0.25, 0.3) is 0 Å². The van der Waals surface area contributed by atoms with Gasteiger partial charge in [0.1, 0.15) is 5.82 Å². The molecule has 0 saturated heterocycles. The van der Waals surface area contributed by atoms with Crippen molar-refractivity contribution in [2.75, 3.05) is 6.54 Å². The number of halogens is 1. The summed E-state index contributed by atoms with van der Waals surface area (Å²) >= 11 is 0. The normalized spacial score (nSPS) is 26.7. The van der Waals surface area contributed by atoms with Crippen LogP contribution in [0.5, 0.6) is 0 Å². The molecule has 0 radical (unpaired) electrons. The molecule has 118 valence electrons. The molecule has 21 heavy (non-hydrogen) atoms. The molecule has 0 amide bonds. The summed E-state index contributed by atoms with van der Waals surface area (Å²) in [5.74, 6) is -0.444. The Morgan fingerprint density at radius 3 is 2.81 bits per heavy atom. The third-order valence-corrected chi connectivity index (χ3v) is 5.85. The molecule has 1 aromatic rings. The zero-order valence-electron chi connectivity index (χ0n) is 12.3. The number of nitrogens with one attached hydrogen (secondary N) is 1. The van der Waals surface area contributed by atoms with Gasteiger partial charge in [0.2, 0.25) is 10.0 Å². The van der Waals surface area contributed by atoms with Gasteiger partial charge in [-0.1, -0.05) is 31.9 Å². The van der Waals surface area contributed by atoms with Crippen molar-refractivity contribution < 1.29 is 12.8 Å². The molecule has 3 N–H and O–H groups in total. The van der Waals surface area contributed by atoms with Gasteiger partial charge in [-0.25, -0.2) is 17.5 Å². The smallest absolute Gasteiger partial charge is 0.216 e. The molecule has 0 spiro atoms. The average Bonchev–Trinajstić information content (AvgIpc) is 2.40. The third kappa shape index (κ3) is 4.02. The van der Waals surface area contributed by atoms with E-state index in [0.29, 0.717) is 5.56 Å². The van der Waals surface area contributed by atoms with Crippen LogP contribution in [0, 0.1) is 11.7 Å². The molecule has 0 aliphatic heterocycles. The summed E-state index contributed by atoms with van der Waals surface area (Å²) in [5.41, 5.74) is 5.74. The van der Waals surface area contributed by atoms with Crippen molar-refractivity contribution in [3.8, 4) is 0 Å². The first-order chi connectivity index (χ1) is 9.87. The van der Waals surface area contributed by atoms with Crippen LogP contribution in [0.2, 0.25) is 0 Å². The summed E-state index contributed by atoms with van der Waals surface area (Å²) in [7, 11) is -3.55. The largest absolute Gasteiger partial charge is 0.329 e. The SMILES string of the molecule is CC1CCCCC1(CN)NS(=O)(=O)Cc1cccc(F)c1. The zero-order chi connectivity index (χ0) is 15.5. The Balaban J connectivity index is 2.15. The number of hydrogen-bond donors (Lipinski definition) is 2. The monoisotopic (exact) mass is 314 g/mol. The van der Waals surface area contributed by atoms with E-state index in [1.54, 1.807) is 6.07 Å². The van der Waals surface area contributed by atoms with Crippen molar-refractivity contribution >= 4 is 10.0 Å². The fourth-order valence-corrected chi connectivity index (χ4v) is 4.80. The fraction of sp³-hybridized carbons (Fsp3) is 0.600. The molecule has 1 aromatic carbocycles. The standard InChI is InChI=1S/C15H23FN2O2S/c1-12-5-2-3-8-15(12,11-17)18-21(19,20)10-13-6-4-7-14(16)9-13/h4,6-7,9,12,18H,2-3,5,8,10-11,17H2,1H3. The second-order valence-corrected chi connectivity index (χ2v) is 7.72. The summed E-state index contributed by atoms with van der Waals surface area (Å²) in [5, 5.41) is 0. The van der Waals surface area contributed by atoms with Gasteiger partial charge in [0, 0.05) is 12.1 Å². The van der Waals surface area contributed by atoms with Crippen LogP contribution >= 0.6 is 0 Å². The lowest BCUT2D eigenvalue weighted by Crippen LogP contribution is -2.59. The van der Waals surface area contributed by atoms with E-state index in [9.17, 15) is 12.8 Å². The molecular weight excluding hydrogens is 291 g/mol. The quantitative estimate of drug-likeness (QED) is 0.875. The van der Waals surface area contributed by atoms with E-state index in [2.05, 4.69) is 4.72 Å². The summed E-state index contributed by atoms with van der Waals surface area (Å²) < 4.78 is 40.8. The number of rotatable bonds is 5. The summed E-state index contributed by atoms with van der Waals surface area (Å²) in [6, 6.07) is 5.68. The number of sulfonamides is 1. The average molecular weight is 314 g/mol. The van der Waals surface area contributed by atoms with Crippen LogP contribution in [-0.2, 0) is 15.8 Å². The number of hydrogen-bond acceptors (Lipinski definition) is 3. The van der Waals surface area contributed by atoms with Gasteiger partial charge in [0.15, 0.2) is 0 Å². The molecule has 6 heteroatoms. The molecule has 0 bridgehead atoms. The molecule has 1 aliphatic rings. The van der Waals surface area contributed by atoms with Gasteiger partial charge in [0.05, 0.1) is 5.75 Å². The zero-order valence-corrected chi connectivity index (χ0v) is 13.1. The Hall–Kier alpha value is -0.980. The van der Waals surface area contributed by atoms with E-state index < -0.39 is 21.4 Å². The first-order valence-electron chi connectivity index (χ1n) is 7.33. The highest BCUT2D eigenvalue weighted by molar-refractivity contribution is 7.88. The molecule has 2 rings (SSSR count). The highest BCUT2D eigenvalue weighted by Gasteiger charge is 2.40. The highest BCUT2D eigenvalue weighted by atomic mass is 32.2. The van der Waals surface area contributed by atoms with Crippen LogP contribution in [0.15, 0.2) is 24.3 Å². The van der Waals surface area contributed by atoms with Crippen molar-refractivity contribution in [1.29, 1.82) is 0 Å². The van der Waals surface area contributed by atoms with Gasteiger partial charge in [-0.2, -0.15) is 0 Å². The van der Waals surface area contributed by atoms with Gasteiger partial charge in [-0.3, -0.25) is 0 Å². The lowest BCUT2D eigenvalue weighted by atomic mass is 9.74. The van der Waals surface area contributed by atoms with E-state index in [0.717, 1.165) is 25.7 Å². The maximum Gasteiger partial charge on any atom is 0.216 e. The molecule has 0 heterocycles. The van der Waals surface area contributed by atoms with E-state index in [1.807, 2.05) is 6.92 Å². The minimum absolute atomic E-state index is 0.207. The number of nitrogens with two attached hydrogens (primary N) is 1. The second kappa shape index (κ2) is 6.42. The second-order valence-electron chi connectivity index (χ2n) is 6.00. The van der Waals surface area contributed by atoms with E-state index in [1.165, 1.54) is 18.2 Å². The van der Waals surface area contributed by atoms with Gasteiger partial charge in [0.25, 0.3) is 0 Å². The Labute approximate surface area is 126 Å². The molecular formula is C15H23FN2O2S. The first-order valence-corrected chi connectivity index (χ1v) is 8.98. The predicted octanol–water partition coefficient (Wildman–Crippen LogP) is 2.15. The van der Waals surface area contributed by atoms with Crippen molar-refractivity contribution in [2.24, 2.45) is 11.7 Å². The van der Waals surface area contributed by atoms with E-state index in [-0.39, 0.29) is 18.2 Å². The van der Waals surface area contributed by atoms with Gasteiger partial charge >= 0.3 is 0 Å². The van der Waals surface area contributed by atoms with Crippen LogP contribution in [0.3, 0.4) is 0 Å². The lowest BCUT2D eigenvalue weighted by Gasteiger charge is -2.42. The van der Waals surface area contributed by atoms with Crippen LogP contribution in [-0.4, -0.2) is 20.5 Å². The summed E-state index contributed by atoms with van der Waals surface area (Å²) in [6.45, 7) is 2.33. The predicted molar refractivity (Wildman–Crippen MR) is 81.6 cm³/mol. The van der Waals surface area contributed by atoms with Crippen LogP contribution in [0.1, 0.15) is 38.2 Å². The molecule has 1 aliphatic carbocycles.